The lowest BCUT2D eigenvalue weighted by Crippen LogP contribution is -2.35. The van der Waals surface area contributed by atoms with E-state index in [1.54, 1.807) is 25.6 Å². The lowest BCUT2D eigenvalue weighted by molar-refractivity contribution is -0.119. The summed E-state index contributed by atoms with van der Waals surface area (Å²) in [7, 11) is 3.55. The number of carbonyl (C=O) groups is 2. The molecule has 4 N–H and O–H groups in total. The van der Waals surface area contributed by atoms with Gasteiger partial charge in [0.1, 0.15) is 11.4 Å². The first-order valence-electron chi connectivity index (χ1n) is 15.2. The molecule has 2 aromatic carbocycles. The van der Waals surface area contributed by atoms with E-state index in [0.717, 1.165) is 39.8 Å². The van der Waals surface area contributed by atoms with Crippen molar-refractivity contribution in [2.75, 3.05) is 39.2 Å². The first kappa shape index (κ1) is 33.0. The van der Waals surface area contributed by atoms with Gasteiger partial charge in [-0.05, 0) is 61.3 Å². The summed E-state index contributed by atoms with van der Waals surface area (Å²) in [6.07, 6.45) is 4.82. The third-order valence-corrected chi connectivity index (χ3v) is 8.49. The van der Waals surface area contributed by atoms with Crippen molar-refractivity contribution in [1.29, 1.82) is 0 Å². The van der Waals surface area contributed by atoms with Crippen LogP contribution in [0.15, 0.2) is 67.0 Å². The number of benzene rings is 2. The van der Waals surface area contributed by atoms with Gasteiger partial charge in [0.05, 0.1) is 24.4 Å². The molecule has 3 heterocycles. The Morgan fingerprint density at radius 3 is 2.72 bits per heavy atom. The van der Waals surface area contributed by atoms with Gasteiger partial charge < -0.3 is 25.8 Å². The van der Waals surface area contributed by atoms with Gasteiger partial charge in [0, 0.05) is 73.4 Å². The van der Waals surface area contributed by atoms with Crippen molar-refractivity contribution < 1.29 is 19.4 Å². The molecule has 0 saturated carbocycles. The fourth-order valence-corrected chi connectivity index (χ4v) is 5.89. The SMILES string of the molecule is COc1cc(-c2nccc(-c3cccc(NC(=O)c4ccc(CN(C)CCO)cn4)c3C)c2Cl)ccc1CNCC1CCC(=O)N1. The Balaban J connectivity index is 1.31. The molecule has 2 amide bonds. The van der Waals surface area contributed by atoms with E-state index in [9.17, 15) is 9.59 Å². The molecular weight excluding hydrogens is 604 g/mol. The van der Waals surface area contributed by atoms with Crippen LogP contribution in [0.25, 0.3) is 22.4 Å². The second-order valence-corrected chi connectivity index (χ2v) is 11.8. The van der Waals surface area contributed by atoms with Gasteiger partial charge in [-0.1, -0.05) is 41.9 Å². The number of nitrogens with one attached hydrogen (secondary N) is 3. The summed E-state index contributed by atoms with van der Waals surface area (Å²) in [5.74, 6) is 0.501. The van der Waals surface area contributed by atoms with Crippen LogP contribution in [0, 0.1) is 6.92 Å². The number of ether oxygens (including phenoxy) is 1. The third kappa shape index (κ3) is 7.89. The minimum absolute atomic E-state index is 0.0828. The van der Waals surface area contributed by atoms with E-state index in [-0.39, 0.29) is 24.5 Å². The van der Waals surface area contributed by atoms with Gasteiger partial charge in [0.2, 0.25) is 5.91 Å². The molecule has 11 heteroatoms. The van der Waals surface area contributed by atoms with Crippen LogP contribution < -0.4 is 20.7 Å². The van der Waals surface area contributed by atoms with Crippen LogP contribution in [0.5, 0.6) is 5.75 Å². The van der Waals surface area contributed by atoms with Gasteiger partial charge in [0.15, 0.2) is 0 Å². The zero-order valence-corrected chi connectivity index (χ0v) is 27.0. The van der Waals surface area contributed by atoms with Crippen LogP contribution in [-0.2, 0) is 17.9 Å². The molecule has 240 valence electrons. The van der Waals surface area contributed by atoms with Crippen molar-refractivity contribution in [2.45, 2.75) is 38.9 Å². The van der Waals surface area contributed by atoms with E-state index in [1.807, 2.05) is 67.4 Å². The van der Waals surface area contributed by atoms with Gasteiger partial charge in [0.25, 0.3) is 5.91 Å². The van der Waals surface area contributed by atoms with Gasteiger partial charge in [-0.25, -0.2) is 0 Å². The van der Waals surface area contributed by atoms with E-state index in [0.29, 0.717) is 60.4 Å². The molecule has 2 aromatic heterocycles. The topological polar surface area (TPSA) is 129 Å². The number of carbonyl (C=O) groups excluding carboxylic acids is 2. The molecule has 1 aliphatic rings. The summed E-state index contributed by atoms with van der Waals surface area (Å²) < 4.78 is 5.71. The number of pyridine rings is 2. The second kappa shape index (κ2) is 15.3. The fourth-order valence-electron chi connectivity index (χ4n) is 5.57. The molecule has 10 nitrogen and oxygen atoms in total. The number of likely N-dealkylation sites (N-methyl/N-ethyl adjacent to an activating group) is 1. The summed E-state index contributed by atoms with van der Waals surface area (Å²) in [6, 6.07) is 17.2. The molecule has 1 saturated heterocycles. The highest BCUT2D eigenvalue weighted by molar-refractivity contribution is 6.35. The number of rotatable bonds is 13. The predicted molar refractivity (Wildman–Crippen MR) is 180 cm³/mol. The van der Waals surface area contributed by atoms with Crippen LogP contribution >= 0.6 is 11.6 Å². The highest BCUT2D eigenvalue weighted by atomic mass is 35.5. The molecule has 1 atom stereocenters. The lowest BCUT2D eigenvalue weighted by Gasteiger charge is -2.17. The first-order valence-corrected chi connectivity index (χ1v) is 15.6. The number of aromatic nitrogens is 2. The maximum atomic E-state index is 13.1. The molecule has 0 radical (unpaired) electrons. The zero-order chi connectivity index (χ0) is 32.6. The highest BCUT2D eigenvalue weighted by Crippen LogP contribution is 2.39. The van der Waals surface area contributed by atoms with Crippen LogP contribution in [0.3, 0.4) is 0 Å². The Morgan fingerprint density at radius 2 is 2.00 bits per heavy atom. The average molecular weight is 643 g/mol. The van der Waals surface area contributed by atoms with Crippen molar-refractivity contribution in [3.8, 4) is 28.1 Å². The maximum absolute atomic E-state index is 13.1. The number of nitrogens with zero attached hydrogens (tertiary/aromatic N) is 3. The number of hydrogen-bond donors (Lipinski definition) is 4. The predicted octanol–water partition coefficient (Wildman–Crippen LogP) is 4.83. The molecule has 46 heavy (non-hydrogen) atoms. The number of aliphatic hydroxyl groups is 1. The molecule has 1 unspecified atom stereocenters. The molecule has 4 aromatic rings. The number of hydrogen-bond acceptors (Lipinski definition) is 8. The first-order chi connectivity index (χ1) is 22.3. The molecular formula is C35H39ClN6O4. The summed E-state index contributed by atoms with van der Waals surface area (Å²) in [6.45, 7) is 4.50. The number of amides is 2. The average Bonchev–Trinajstić information content (AvgIpc) is 3.47. The Hall–Kier alpha value is -4.35. The van der Waals surface area contributed by atoms with Gasteiger partial charge in [-0.15, -0.1) is 0 Å². The Morgan fingerprint density at radius 1 is 1.15 bits per heavy atom. The smallest absolute Gasteiger partial charge is 0.274 e. The van der Waals surface area contributed by atoms with Crippen LogP contribution in [-0.4, -0.2) is 71.7 Å². The van der Waals surface area contributed by atoms with Crippen molar-refractivity contribution in [2.24, 2.45) is 0 Å². The van der Waals surface area contributed by atoms with E-state index in [2.05, 4.69) is 25.9 Å². The van der Waals surface area contributed by atoms with Crippen LogP contribution in [0.2, 0.25) is 5.02 Å². The van der Waals surface area contributed by atoms with Crippen molar-refractivity contribution in [3.05, 3.63) is 94.4 Å². The third-order valence-electron chi connectivity index (χ3n) is 8.10. The summed E-state index contributed by atoms with van der Waals surface area (Å²) in [4.78, 5) is 35.5. The standard InChI is InChI=1S/C35H39ClN6O4/c1-22-27(5-4-6-29(22)41-35(45)30-11-7-23(18-39-30)21-42(2)15-16-43)28-13-14-38-34(33(28)36)24-8-9-25(31(17-24)46-3)19-37-20-26-10-12-32(44)40-26/h4-9,11,13-14,17-18,26,37,43H,10,12,15-16,19-21H2,1-3H3,(H,40,44)(H,41,45). The van der Waals surface area contributed by atoms with Gasteiger partial charge in [-0.2, -0.15) is 0 Å². The van der Waals surface area contributed by atoms with E-state index >= 15 is 0 Å². The van der Waals surface area contributed by atoms with Gasteiger partial charge in [-0.3, -0.25) is 24.5 Å². The van der Waals surface area contributed by atoms with Gasteiger partial charge >= 0.3 is 0 Å². The summed E-state index contributed by atoms with van der Waals surface area (Å²) >= 11 is 7.01. The highest BCUT2D eigenvalue weighted by Gasteiger charge is 2.21. The number of aliphatic hydroxyl groups excluding tert-OH is 1. The van der Waals surface area contributed by atoms with Crippen molar-refractivity contribution in [3.63, 3.8) is 0 Å². The largest absolute Gasteiger partial charge is 0.496 e. The monoisotopic (exact) mass is 642 g/mol. The second-order valence-electron chi connectivity index (χ2n) is 11.4. The lowest BCUT2D eigenvalue weighted by atomic mass is 9.97. The number of halogens is 1. The molecule has 1 aliphatic heterocycles. The molecule has 1 fully saturated rings. The fraction of sp³-hybridized carbons (Fsp3) is 0.314. The molecule has 0 spiro atoms. The Bertz CT molecular complexity index is 1700. The van der Waals surface area contributed by atoms with Crippen LogP contribution in [0.4, 0.5) is 5.69 Å². The maximum Gasteiger partial charge on any atom is 0.274 e. The molecule has 0 aliphatic carbocycles. The number of methoxy groups -OCH3 is 1. The number of anilines is 1. The van der Waals surface area contributed by atoms with Crippen LogP contribution in [0.1, 0.15) is 40.0 Å². The van der Waals surface area contributed by atoms with E-state index in [1.165, 1.54) is 0 Å². The van der Waals surface area contributed by atoms with Crippen molar-refractivity contribution >= 4 is 29.1 Å². The van der Waals surface area contributed by atoms with E-state index in [4.69, 9.17) is 21.4 Å². The molecule has 0 bridgehead atoms. The minimum Gasteiger partial charge on any atom is -0.496 e. The van der Waals surface area contributed by atoms with Crippen molar-refractivity contribution in [1.82, 2.24) is 25.5 Å². The Kier molecular flexibility index (Phi) is 11.0. The van der Waals surface area contributed by atoms with E-state index < -0.39 is 0 Å². The zero-order valence-electron chi connectivity index (χ0n) is 26.3. The summed E-state index contributed by atoms with van der Waals surface area (Å²) in [5.41, 5.74) is 6.85. The normalized spacial score (nSPS) is 14.4. The Labute approximate surface area is 274 Å². The minimum atomic E-state index is -0.313. The quantitative estimate of drug-likeness (QED) is 0.163. The summed E-state index contributed by atoms with van der Waals surface area (Å²) in [5, 5.41) is 19.0. The molecule has 5 rings (SSSR count).